The van der Waals surface area contributed by atoms with Gasteiger partial charge in [0.05, 0.1) is 19.7 Å². The van der Waals surface area contributed by atoms with Crippen molar-refractivity contribution in [2.75, 3.05) is 27.3 Å². The first kappa shape index (κ1) is 16.3. The predicted molar refractivity (Wildman–Crippen MR) is 82.9 cm³/mol. The molecule has 2 aliphatic rings. The van der Waals surface area contributed by atoms with E-state index in [1.807, 2.05) is 17.7 Å². The average Bonchev–Trinajstić information content (AvgIpc) is 3.02. The van der Waals surface area contributed by atoms with Crippen LogP contribution in [0.2, 0.25) is 0 Å². The van der Waals surface area contributed by atoms with Crippen molar-refractivity contribution in [2.45, 2.75) is 26.4 Å². The van der Waals surface area contributed by atoms with Crippen molar-refractivity contribution < 1.29 is 23.7 Å². The molecule has 1 atom stereocenters. The van der Waals surface area contributed by atoms with Crippen LogP contribution in [0, 0.1) is 6.92 Å². The molecule has 2 aliphatic heterocycles. The number of nitrogens with zero attached hydrogens (tertiary/aromatic N) is 5. The van der Waals surface area contributed by atoms with Crippen LogP contribution in [-0.2, 0) is 20.9 Å². The predicted octanol–water partition coefficient (Wildman–Crippen LogP) is -0.202. The Hall–Kier alpha value is -2.55. The molecule has 128 valence electrons. The summed E-state index contributed by atoms with van der Waals surface area (Å²) in [6, 6.07) is -1.25. The summed E-state index contributed by atoms with van der Waals surface area (Å²) < 4.78 is 8.80. The fourth-order valence-corrected chi connectivity index (χ4v) is 3.06. The molecule has 0 radical (unpaired) electrons. The van der Waals surface area contributed by atoms with E-state index in [0.29, 0.717) is 24.9 Å². The van der Waals surface area contributed by atoms with Gasteiger partial charge in [0.15, 0.2) is 0 Å². The van der Waals surface area contributed by atoms with Crippen LogP contribution in [-0.4, -0.2) is 65.2 Å². The lowest BCUT2D eigenvalue weighted by Gasteiger charge is -2.32. The molecule has 1 fully saturated rings. The molecule has 0 aliphatic carbocycles. The zero-order valence-electron chi connectivity index (χ0n) is 14.1. The zero-order valence-corrected chi connectivity index (χ0v) is 14.1. The molecule has 0 N–H and O–H groups in total. The largest absolute Gasteiger partial charge is 0.402 e. The van der Waals surface area contributed by atoms with E-state index < -0.39 is 18.0 Å². The summed E-state index contributed by atoms with van der Waals surface area (Å²) in [6.45, 7) is 4.15. The molecule has 3 heterocycles. The van der Waals surface area contributed by atoms with E-state index in [1.54, 1.807) is 18.7 Å². The van der Waals surface area contributed by atoms with Gasteiger partial charge in [0, 0.05) is 14.2 Å². The number of imidazole rings is 1. The van der Waals surface area contributed by atoms with Crippen LogP contribution >= 0.6 is 0 Å². The van der Waals surface area contributed by atoms with E-state index in [9.17, 15) is 14.4 Å². The van der Waals surface area contributed by atoms with Gasteiger partial charge in [0.1, 0.15) is 17.7 Å². The maximum atomic E-state index is 12.8. The summed E-state index contributed by atoms with van der Waals surface area (Å²) in [7, 11) is 3.18. The lowest BCUT2D eigenvalue weighted by molar-refractivity contribution is -0.677. The van der Waals surface area contributed by atoms with E-state index in [2.05, 4.69) is 4.99 Å². The molecule has 24 heavy (non-hydrogen) atoms. The van der Waals surface area contributed by atoms with Gasteiger partial charge in [-0.25, -0.2) is 13.9 Å². The number of hydrogen-bond acceptors (Lipinski definition) is 5. The summed E-state index contributed by atoms with van der Waals surface area (Å²) in [4.78, 5) is 43.4. The van der Waals surface area contributed by atoms with Gasteiger partial charge < -0.3 is 4.74 Å². The molecule has 1 aromatic heterocycles. The van der Waals surface area contributed by atoms with Crippen LogP contribution in [0.15, 0.2) is 11.2 Å². The van der Waals surface area contributed by atoms with E-state index in [-0.39, 0.29) is 12.3 Å². The van der Waals surface area contributed by atoms with E-state index in [1.165, 1.54) is 11.8 Å². The number of hydrogen-bond donors (Lipinski definition) is 0. The number of carbonyl (C=O) groups excluding carboxylic acids is 3. The van der Waals surface area contributed by atoms with E-state index in [0.717, 1.165) is 10.6 Å². The Bertz CT molecular complexity index is 766. The molecule has 1 aromatic rings. The normalized spacial score (nSPS) is 19.5. The first-order valence-electron chi connectivity index (χ1n) is 7.64. The molecule has 1 saturated heterocycles. The van der Waals surface area contributed by atoms with E-state index >= 15 is 0 Å². The van der Waals surface area contributed by atoms with Gasteiger partial charge in [-0.05, 0) is 13.8 Å². The standard InChI is InChI=1S/C15H20N5O4/c1-9-7-19-11-12(16-14(19)18(9)5-6-24-4)17(3)15(23)20(13(11)22)8-10(2)21/h7,11H,5-6,8H2,1-4H3/q+1. The highest BCUT2D eigenvalue weighted by molar-refractivity contribution is 6.19. The number of rotatable bonds is 5. The summed E-state index contributed by atoms with van der Waals surface area (Å²) in [5, 5.41) is 0. The topological polar surface area (TPSA) is 88.1 Å². The molecular weight excluding hydrogens is 314 g/mol. The monoisotopic (exact) mass is 334 g/mol. The summed E-state index contributed by atoms with van der Waals surface area (Å²) in [5.74, 6) is 0.301. The first-order valence-corrected chi connectivity index (χ1v) is 7.64. The Morgan fingerprint density at radius 1 is 1.42 bits per heavy atom. The number of likely N-dealkylation sites (N-methyl/N-ethyl adjacent to an activating group) is 1. The van der Waals surface area contributed by atoms with Crippen LogP contribution in [0.3, 0.4) is 0 Å². The quantitative estimate of drug-likeness (QED) is 0.698. The Morgan fingerprint density at radius 3 is 2.75 bits per heavy atom. The summed E-state index contributed by atoms with van der Waals surface area (Å²) in [6.07, 6.45) is 1.83. The first-order chi connectivity index (χ1) is 11.4. The van der Waals surface area contributed by atoms with Crippen molar-refractivity contribution in [3.05, 3.63) is 11.9 Å². The fraction of sp³-hybridized carbons (Fsp3) is 0.533. The van der Waals surface area contributed by atoms with Gasteiger partial charge in [0.25, 0.3) is 5.91 Å². The number of aliphatic imine (C=N–C) groups is 1. The summed E-state index contributed by atoms with van der Waals surface area (Å²) in [5.41, 5.74) is 0.940. The Kier molecular flexibility index (Phi) is 3.96. The van der Waals surface area contributed by atoms with Crippen molar-refractivity contribution in [1.82, 2.24) is 14.4 Å². The Labute approximate surface area is 139 Å². The highest BCUT2D eigenvalue weighted by atomic mass is 16.5. The molecular formula is C15H20N5O4+. The number of aromatic nitrogens is 2. The maximum Gasteiger partial charge on any atom is 0.402 e. The van der Waals surface area contributed by atoms with Crippen LogP contribution in [0.5, 0.6) is 0 Å². The number of amides is 3. The van der Waals surface area contributed by atoms with Crippen LogP contribution in [0.25, 0.3) is 0 Å². The van der Waals surface area contributed by atoms with Crippen molar-refractivity contribution in [1.29, 1.82) is 0 Å². The third-order valence-electron chi connectivity index (χ3n) is 4.22. The molecule has 1 unspecified atom stereocenters. The molecule has 3 rings (SSSR count). The molecule has 3 amide bonds. The van der Waals surface area contributed by atoms with Crippen LogP contribution in [0.1, 0.15) is 18.7 Å². The van der Waals surface area contributed by atoms with Gasteiger partial charge in [-0.3, -0.25) is 19.4 Å². The van der Waals surface area contributed by atoms with Gasteiger partial charge in [-0.15, -0.1) is 0 Å². The van der Waals surface area contributed by atoms with E-state index in [4.69, 9.17) is 4.74 Å². The SMILES string of the molecule is COCCn1c(C)c[n+]2c1N=C1C2C(=O)N(CC(C)=O)C(=O)N1C. The van der Waals surface area contributed by atoms with Crippen LogP contribution in [0.4, 0.5) is 10.7 Å². The minimum absolute atomic E-state index is 0.231. The summed E-state index contributed by atoms with van der Waals surface area (Å²) >= 11 is 0. The Balaban J connectivity index is 2.03. The number of methoxy groups -OCH3 is 1. The number of aryl methyl sites for hydroxylation is 1. The molecule has 0 spiro atoms. The minimum Gasteiger partial charge on any atom is -0.381 e. The highest BCUT2D eigenvalue weighted by Gasteiger charge is 2.53. The third-order valence-corrected chi connectivity index (χ3v) is 4.22. The lowest BCUT2D eigenvalue weighted by atomic mass is 10.1. The third kappa shape index (κ3) is 2.32. The number of fused-ring (bicyclic) bond motifs is 3. The van der Waals surface area contributed by atoms with Gasteiger partial charge in [-0.1, -0.05) is 4.99 Å². The van der Waals surface area contributed by atoms with Crippen molar-refractivity contribution in [2.24, 2.45) is 4.99 Å². The van der Waals surface area contributed by atoms with Crippen molar-refractivity contribution >= 4 is 29.5 Å². The number of ether oxygens (including phenoxy) is 1. The molecule has 9 heteroatoms. The number of urea groups is 1. The second-order valence-corrected chi connectivity index (χ2v) is 5.96. The van der Waals surface area contributed by atoms with Crippen molar-refractivity contribution in [3.8, 4) is 0 Å². The number of amidine groups is 1. The number of imide groups is 1. The molecule has 9 nitrogen and oxygen atoms in total. The Morgan fingerprint density at radius 2 is 2.12 bits per heavy atom. The minimum atomic E-state index is -0.718. The second kappa shape index (κ2) is 5.82. The number of Topliss-reactive ketones (excluding diaryl/α,β-unsaturated/α-hetero) is 1. The lowest BCUT2D eigenvalue weighted by Crippen LogP contribution is -2.63. The molecule has 0 bridgehead atoms. The second-order valence-electron chi connectivity index (χ2n) is 5.96. The smallest absolute Gasteiger partial charge is 0.381 e. The van der Waals surface area contributed by atoms with Crippen molar-refractivity contribution in [3.63, 3.8) is 0 Å². The maximum absolute atomic E-state index is 12.8. The molecule has 0 aromatic carbocycles. The zero-order chi connectivity index (χ0) is 17.6. The van der Waals surface area contributed by atoms with Crippen LogP contribution < -0.4 is 4.57 Å². The highest BCUT2D eigenvalue weighted by Crippen LogP contribution is 2.28. The van der Waals surface area contributed by atoms with Gasteiger partial charge in [0.2, 0.25) is 11.9 Å². The number of ketones is 1. The van der Waals surface area contributed by atoms with Gasteiger partial charge >= 0.3 is 12.0 Å². The van der Waals surface area contributed by atoms with Gasteiger partial charge in [-0.2, -0.15) is 0 Å². The molecule has 0 saturated carbocycles. The fourth-order valence-electron chi connectivity index (χ4n) is 3.06. The average molecular weight is 334 g/mol. The number of carbonyl (C=O) groups is 3.